The van der Waals surface area contributed by atoms with Crippen LogP contribution in [0, 0.1) is 6.92 Å². The fourth-order valence-corrected chi connectivity index (χ4v) is 2.24. The highest BCUT2D eigenvalue weighted by Gasteiger charge is 2.15. The van der Waals surface area contributed by atoms with Crippen LogP contribution in [0.5, 0.6) is 0 Å². The van der Waals surface area contributed by atoms with Gasteiger partial charge in [0, 0.05) is 42.1 Å². The Kier molecular flexibility index (Phi) is 5.46. The fraction of sp³-hybridized carbons (Fsp3) is 0.389. The van der Waals surface area contributed by atoms with Gasteiger partial charge in [-0.1, -0.05) is 6.07 Å². The number of nitrogens with one attached hydrogen (secondary N) is 3. The van der Waals surface area contributed by atoms with Crippen LogP contribution in [-0.2, 0) is 13.6 Å². The van der Waals surface area contributed by atoms with E-state index >= 15 is 0 Å². The van der Waals surface area contributed by atoms with Gasteiger partial charge >= 0.3 is 6.03 Å². The van der Waals surface area contributed by atoms with E-state index in [0.29, 0.717) is 17.8 Å². The molecule has 1 aromatic carbocycles. The first-order valence-corrected chi connectivity index (χ1v) is 8.09. The normalized spacial score (nSPS) is 11.1. The van der Waals surface area contributed by atoms with Crippen molar-refractivity contribution in [2.24, 2.45) is 7.05 Å². The zero-order chi connectivity index (χ0) is 18.6. The van der Waals surface area contributed by atoms with Gasteiger partial charge in [-0.25, -0.2) is 4.79 Å². The maximum Gasteiger partial charge on any atom is 0.319 e. The molecule has 0 aliphatic heterocycles. The number of aromatic nitrogens is 2. The van der Waals surface area contributed by atoms with Gasteiger partial charge in [0.1, 0.15) is 0 Å². The average Bonchev–Trinajstić information content (AvgIpc) is 2.90. The Labute approximate surface area is 147 Å². The van der Waals surface area contributed by atoms with Crippen molar-refractivity contribution < 1.29 is 9.59 Å². The third kappa shape index (κ3) is 5.63. The Morgan fingerprint density at radius 2 is 1.96 bits per heavy atom. The molecule has 0 saturated heterocycles. The largest absolute Gasteiger partial charge is 0.348 e. The van der Waals surface area contributed by atoms with Crippen molar-refractivity contribution >= 4 is 17.6 Å². The molecule has 0 unspecified atom stereocenters. The fourth-order valence-electron chi connectivity index (χ4n) is 2.24. The molecule has 0 aliphatic carbocycles. The van der Waals surface area contributed by atoms with Gasteiger partial charge in [0.05, 0.1) is 6.20 Å². The lowest BCUT2D eigenvalue weighted by atomic mass is 10.1. The summed E-state index contributed by atoms with van der Waals surface area (Å²) in [5, 5.41) is 12.5. The summed E-state index contributed by atoms with van der Waals surface area (Å²) >= 11 is 0. The molecule has 0 aliphatic rings. The van der Waals surface area contributed by atoms with E-state index in [1.54, 1.807) is 23.0 Å². The van der Waals surface area contributed by atoms with Crippen molar-refractivity contribution in [3.8, 4) is 0 Å². The lowest BCUT2D eigenvalue weighted by molar-refractivity contribution is 0.0951. The molecule has 0 fully saturated rings. The minimum absolute atomic E-state index is 0.205. The number of carbonyl (C=O) groups excluding carboxylic acids is 2. The second-order valence-electron chi connectivity index (χ2n) is 7.06. The standard InChI is InChI=1S/C18H25N5O2/c1-12-6-7-14(8-15(12)21-17(25)22-18(2,3)4)16(24)19-9-13-10-20-23(5)11-13/h6-8,10-11H,9H2,1-5H3,(H,19,24)(H2,21,22,25). The van der Waals surface area contributed by atoms with Crippen molar-refractivity contribution in [1.29, 1.82) is 0 Å². The Bertz CT molecular complexity index is 774. The zero-order valence-electron chi connectivity index (χ0n) is 15.3. The molecule has 0 radical (unpaired) electrons. The van der Waals surface area contributed by atoms with Crippen molar-refractivity contribution in [2.45, 2.75) is 39.8 Å². The smallest absolute Gasteiger partial charge is 0.319 e. The number of urea groups is 1. The van der Waals surface area contributed by atoms with Crippen molar-refractivity contribution in [2.75, 3.05) is 5.32 Å². The molecule has 1 heterocycles. The topological polar surface area (TPSA) is 88.1 Å². The average molecular weight is 343 g/mol. The number of hydrogen-bond donors (Lipinski definition) is 3. The monoisotopic (exact) mass is 343 g/mol. The summed E-state index contributed by atoms with van der Waals surface area (Å²) in [6.07, 6.45) is 3.55. The van der Waals surface area contributed by atoms with Crippen LogP contribution in [0.25, 0.3) is 0 Å². The number of amides is 3. The van der Waals surface area contributed by atoms with Crippen LogP contribution in [0.3, 0.4) is 0 Å². The second-order valence-corrected chi connectivity index (χ2v) is 7.06. The van der Waals surface area contributed by atoms with E-state index in [1.807, 2.05) is 47.0 Å². The summed E-state index contributed by atoms with van der Waals surface area (Å²) in [5.74, 6) is -0.205. The van der Waals surface area contributed by atoms with Gasteiger partial charge in [-0.3, -0.25) is 9.48 Å². The summed E-state index contributed by atoms with van der Waals surface area (Å²) in [7, 11) is 1.83. The highest BCUT2D eigenvalue weighted by Crippen LogP contribution is 2.17. The number of benzene rings is 1. The molecule has 134 valence electrons. The van der Waals surface area contributed by atoms with E-state index < -0.39 is 0 Å². The molecule has 0 saturated carbocycles. The minimum Gasteiger partial charge on any atom is -0.348 e. The third-order valence-corrected chi connectivity index (χ3v) is 3.45. The van der Waals surface area contributed by atoms with E-state index in [9.17, 15) is 9.59 Å². The van der Waals surface area contributed by atoms with Crippen LogP contribution in [0.2, 0.25) is 0 Å². The third-order valence-electron chi connectivity index (χ3n) is 3.45. The first-order chi connectivity index (χ1) is 11.6. The van der Waals surface area contributed by atoms with E-state index in [2.05, 4.69) is 21.0 Å². The molecule has 0 spiro atoms. The van der Waals surface area contributed by atoms with Crippen molar-refractivity contribution in [3.63, 3.8) is 0 Å². The van der Waals surface area contributed by atoms with Crippen LogP contribution in [0.1, 0.15) is 42.3 Å². The highest BCUT2D eigenvalue weighted by molar-refractivity contribution is 5.97. The van der Waals surface area contributed by atoms with Crippen molar-refractivity contribution in [3.05, 3.63) is 47.3 Å². The number of rotatable bonds is 4. The molecule has 25 heavy (non-hydrogen) atoms. The molecule has 2 aromatic rings. The zero-order valence-corrected chi connectivity index (χ0v) is 15.3. The summed E-state index contributed by atoms with van der Waals surface area (Å²) in [6.45, 7) is 7.99. The predicted molar refractivity (Wildman–Crippen MR) is 97.5 cm³/mol. The van der Waals surface area contributed by atoms with Crippen LogP contribution < -0.4 is 16.0 Å². The summed E-state index contributed by atoms with van der Waals surface area (Å²) < 4.78 is 1.68. The molecular weight excluding hydrogens is 318 g/mol. The molecule has 7 heteroatoms. The van der Waals surface area contributed by atoms with E-state index in [-0.39, 0.29) is 17.5 Å². The summed E-state index contributed by atoms with van der Waals surface area (Å²) in [4.78, 5) is 24.4. The summed E-state index contributed by atoms with van der Waals surface area (Å²) in [5.41, 5.74) is 2.56. The molecular formula is C18H25N5O2. The number of anilines is 1. The van der Waals surface area contributed by atoms with Crippen molar-refractivity contribution in [1.82, 2.24) is 20.4 Å². The van der Waals surface area contributed by atoms with Crippen LogP contribution in [0.4, 0.5) is 10.5 Å². The minimum atomic E-state index is -0.337. The predicted octanol–water partition coefficient (Wildman–Crippen LogP) is 2.58. The van der Waals surface area contributed by atoms with Gasteiger partial charge in [0.2, 0.25) is 0 Å². The molecule has 7 nitrogen and oxygen atoms in total. The van der Waals surface area contributed by atoms with Crippen LogP contribution in [-0.4, -0.2) is 27.3 Å². The Morgan fingerprint density at radius 3 is 2.56 bits per heavy atom. The van der Waals surface area contributed by atoms with E-state index in [0.717, 1.165) is 11.1 Å². The number of hydrogen-bond acceptors (Lipinski definition) is 3. The highest BCUT2D eigenvalue weighted by atomic mass is 16.2. The Balaban J connectivity index is 2.04. The molecule has 2 rings (SSSR count). The van der Waals surface area contributed by atoms with Crippen LogP contribution in [0.15, 0.2) is 30.6 Å². The van der Waals surface area contributed by atoms with Gasteiger partial charge in [-0.05, 0) is 45.4 Å². The van der Waals surface area contributed by atoms with E-state index in [1.165, 1.54) is 0 Å². The quantitative estimate of drug-likeness (QED) is 0.797. The number of nitrogens with zero attached hydrogens (tertiary/aromatic N) is 2. The molecule has 0 atom stereocenters. The first kappa shape index (κ1) is 18.5. The first-order valence-electron chi connectivity index (χ1n) is 8.09. The molecule has 3 amide bonds. The molecule has 3 N–H and O–H groups in total. The molecule has 1 aromatic heterocycles. The van der Waals surface area contributed by atoms with Crippen LogP contribution >= 0.6 is 0 Å². The second kappa shape index (κ2) is 7.38. The van der Waals surface area contributed by atoms with Gasteiger partial charge in [0.25, 0.3) is 5.91 Å². The maximum atomic E-state index is 12.3. The van der Waals surface area contributed by atoms with Gasteiger partial charge in [-0.15, -0.1) is 0 Å². The lowest BCUT2D eigenvalue weighted by Gasteiger charge is -2.21. The summed E-state index contributed by atoms with van der Waals surface area (Å²) in [6, 6.07) is 4.92. The maximum absolute atomic E-state index is 12.3. The van der Waals surface area contributed by atoms with Gasteiger partial charge in [0.15, 0.2) is 0 Å². The Hall–Kier alpha value is -2.83. The van der Waals surface area contributed by atoms with E-state index in [4.69, 9.17) is 0 Å². The molecule has 0 bridgehead atoms. The lowest BCUT2D eigenvalue weighted by Crippen LogP contribution is -2.43. The SMILES string of the molecule is Cc1ccc(C(=O)NCc2cnn(C)c2)cc1NC(=O)NC(C)(C)C. The number of carbonyl (C=O) groups is 2. The number of aryl methyl sites for hydroxylation is 2. The Morgan fingerprint density at radius 1 is 1.24 bits per heavy atom. The van der Waals surface area contributed by atoms with Gasteiger partial charge < -0.3 is 16.0 Å². The van der Waals surface area contributed by atoms with Gasteiger partial charge in [-0.2, -0.15) is 5.10 Å².